The summed E-state index contributed by atoms with van der Waals surface area (Å²) in [7, 11) is 3.21. The van der Waals surface area contributed by atoms with Crippen LogP contribution in [-0.4, -0.2) is 55.6 Å². The summed E-state index contributed by atoms with van der Waals surface area (Å²) in [6.07, 6.45) is 0. The second-order valence-corrected chi connectivity index (χ2v) is 5.31. The van der Waals surface area contributed by atoms with Crippen LogP contribution in [0.1, 0.15) is 16.2 Å². The number of carbonyl (C=O) groups excluding carboxylic acids is 2. The van der Waals surface area contributed by atoms with Gasteiger partial charge in [-0.15, -0.1) is 0 Å². The lowest BCUT2D eigenvalue weighted by Gasteiger charge is -2.15. The second-order valence-electron chi connectivity index (χ2n) is 5.31. The highest BCUT2D eigenvalue weighted by Crippen LogP contribution is 2.25. The Kier molecular flexibility index (Phi) is 4.90. The Bertz CT molecular complexity index is 533. The van der Waals surface area contributed by atoms with Crippen LogP contribution in [0.5, 0.6) is 0 Å². The van der Waals surface area contributed by atoms with Crippen molar-refractivity contribution < 1.29 is 14.3 Å². The summed E-state index contributed by atoms with van der Waals surface area (Å²) < 4.78 is 5.17. The molecular formula is C15H21N3O3. The predicted molar refractivity (Wildman–Crippen MR) is 77.8 cm³/mol. The Hall–Kier alpha value is -1.95. The highest BCUT2D eigenvalue weighted by Gasteiger charge is 2.39. The van der Waals surface area contributed by atoms with Gasteiger partial charge in [-0.1, -0.05) is 6.07 Å². The Labute approximate surface area is 124 Å². The minimum atomic E-state index is -0.233. The van der Waals surface area contributed by atoms with Gasteiger partial charge in [-0.2, -0.15) is 0 Å². The van der Waals surface area contributed by atoms with Crippen molar-refractivity contribution in [1.82, 2.24) is 15.2 Å². The molecule has 2 amide bonds. The maximum atomic E-state index is 12.5. The van der Waals surface area contributed by atoms with E-state index in [0.717, 1.165) is 5.69 Å². The highest BCUT2D eigenvalue weighted by molar-refractivity contribution is 5.93. The number of aromatic nitrogens is 1. The standard InChI is InChI=1S/C15H21N3O3/c1-10-5-4-6-13(17-10)15(20)18-7-11(9-21-3)12(8-18)14(19)16-2/h4-6,11-12H,7-9H2,1-3H3,(H,16,19)/t11-,12+/m0/s1. The molecule has 6 nitrogen and oxygen atoms in total. The van der Waals surface area contributed by atoms with Gasteiger partial charge in [0.25, 0.3) is 5.91 Å². The molecule has 2 rings (SSSR count). The van der Waals surface area contributed by atoms with Crippen molar-refractivity contribution >= 4 is 11.8 Å². The number of amides is 2. The third-order valence-corrected chi connectivity index (χ3v) is 3.80. The summed E-state index contributed by atoms with van der Waals surface area (Å²) >= 11 is 0. The van der Waals surface area contributed by atoms with Gasteiger partial charge in [-0.3, -0.25) is 9.59 Å². The Morgan fingerprint density at radius 1 is 1.43 bits per heavy atom. The van der Waals surface area contributed by atoms with Crippen LogP contribution in [0, 0.1) is 18.8 Å². The zero-order valence-corrected chi connectivity index (χ0v) is 12.6. The first-order chi connectivity index (χ1) is 10.1. The van der Waals surface area contributed by atoms with Gasteiger partial charge in [0.15, 0.2) is 0 Å². The minimum absolute atomic E-state index is 0.0173. The summed E-state index contributed by atoms with van der Waals surface area (Å²) in [5.74, 6) is -0.400. The highest BCUT2D eigenvalue weighted by atomic mass is 16.5. The van der Waals surface area contributed by atoms with Gasteiger partial charge in [0, 0.05) is 38.9 Å². The number of pyridine rings is 1. The predicted octanol–water partition coefficient (Wildman–Crippen LogP) is 0.471. The number of nitrogens with one attached hydrogen (secondary N) is 1. The van der Waals surface area contributed by atoms with Gasteiger partial charge >= 0.3 is 0 Å². The Morgan fingerprint density at radius 3 is 2.81 bits per heavy atom. The van der Waals surface area contributed by atoms with Crippen molar-refractivity contribution in [2.75, 3.05) is 33.9 Å². The van der Waals surface area contributed by atoms with E-state index in [1.807, 2.05) is 19.1 Å². The molecule has 0 bridgehead atoms. The molecule has 1 N–H and O–H groups in total. The zero-order chi connectivity index (χ0) is 15.4. The van der Waals surface area contributed by atoms with Crippen LogP contribution in [0.2, 0.25) is 0 Å². The lowest BCUT2D eigenvalue weighted by Crippen LogP contribution is -2.34. The number of methoxy groups -OCH3 is 1. The van der Waals surface area contributed by atoms with E-state index in [1.165, 1.54) is 0 Å². The molecule has 0 saturated carbocycles. The molecule has 21 heavy (non-hydrogen) atoms. The van der Waals surface area contributed by atoms with Crippen LogP contribution in [0.15, 0.2) is 18.2 Å². The second kappa shape index (κ2) is 6.67. The van der Waals surface area contributed by atoms with Crippen LogP contribution in [0.4, 0.5) is 0 Å². The molecule has 0 spiro atoms. The van der Waals surface area contributed by atoms with Crippen LogP contribution in [0.3, 0.4) is 0 Å². The zero-order valence-electron chi connectivity index (χ0n) is 12.6. The van der Waals surface area contributed by atoms with Crippen molar-refractivity contribution in [3.8, 4) is 0 Å². The summed E-state index contributed by atoms with van der Waals surface area (Å²) in [5.41, 5.74) is 1.22. The average Bonchev–Trinajstić information content (AvgIpc) is 2.90. The third kappa shape index (κ3) is 3.39. The number of likely N-dealkylation sites (tertiary alicyclic amines) is 1. The number of hydrogen-bond acceptors (Lipinski definition) is 4. The van der Waals surface area contributed by atoms with Gasteiger partial charge in [-0.25, -0.2) is 4.98 Å². The summed E-state index contributed by atoms with van der Waals surface area (Å²) in [4.78, 5) is 30.4. The average molecular weight is 291 g/mol. The molecule has 1 fully saturated rings. The molecule has 1 aromatic rings. The van der Waals surface area contributed by atoms with E-state index < -0.39 is 0 Å². The molecule has 2 heterocycles. The normalized spacial score (nSPS) is 21.4. The van der Waals surface area contributed by atoms with E-state index in [1.54, 1.807) is 25.1 Å². The van der Waals surface area contributed by atoms with Crippen molar-refractivity contribution in [2.45, 2.75) is 6.92 Å². The first kappa shape index (κ1) is 15.4. The van der Waals surface area contributed by atoms with Crippen LogP contribution < -0.4 is 5.32 Å². The van der Waals surface area contributed by atoms with E-state index in [4.69, 9.17) is 4.74 Å². The molecule has 114 valence electrons. The molecule has 1 saturated heterocycles. The van der Waals surface area contributed by atoms with Crippen molar-refractivity contribution in [3.05, 3.63) is 29.6 Å². The fourth-order valence-corrected chi connectivity index (χ4v) is 2.73. The molecule has 0 aromatic carbocycles. The fraction of sp³-hybridized carbons (Fsp3) is 0.533. The van der Waals surface area contributed by atoms with E-state index in [2.05, 4.69) is 10.3 Å². The van der Waals surface area contributed by atoms with Gasteiger partial charge in [0.1, 0.15) is 5.69 Å². The topological polar surface area (TPSA) is 71.5 Å². The van der Waals surface area contributed by atoms with Crippen molar-refractivity contribution in [1.29, 1.82) is 0 Å². The van der Waals surface area contributed by atoms with E-state index >= 15 is 0 Å². The number of nitrogens with zero attached hydrogens (tertiary/aromatic N) is 2. The van der Waals surface area contributed by atoms with Crippen LogP contribution in [0.25, 0.3) is 0 Å². The van der Waals surface area contributed by atoms with Crippen molar-refractivity contribution in [2.24, 2.45) is 11.8 Å². The van der Waals surface area contributed by atoms with Crippen LogP contribution >= 0.6 is 0 Å². The van der Waals surface area contributed by atoms with E-state index in [0.29, 0.717) is 25.4 Å². The summed E-state index contributed by atoms with van der Waals surface area (Å²) in [6.45, 7) is 3.23. The van der Waals surface area contributed by atoms with Gasteiger partial charge < -0.3 is 15.0 Å². The third-order valence-electron chi connectivity index (χ3n) is 3.80. The largest absolute Gasteiger partial charge is 0.384 e. The molecule has 0 radical (unpaired) electrons. The van der Waals surface area contributed by atoms with Gasteiger partial charge in [-0.05, 0) is 19.1 Å². The number of carbonyl (C=O) groups is 2. The van der Waals surface area contributed by atoms with Gasteiger partial charge in [0.05, 0.1) is 12.5 Å². The maximum Gasteiger partial charge on any atom is 0.272 e. The smallest absolute Gasteiger partial charge is 0.272 e. The maximum absolute atomic E-state index is 12.5. The molecule has 1 aliphatic heterocycles. The minimum Gasteiger partial charge on any atom is -0.384 e. The van der Waals surface area contributed by atoms with Crippen molar-refractivity contribution in [3.63, 3.8) is 0 Å². The number of hydrogen-bond donors (Lipinski definition) is 1. The van der Waals surface area contributed by atoms with E-state index in [-0.39, 0.29) is 23.7 Å². The summed E-state index contributed by atoms with van der Waals surface area (Å²) in [5, 5.41) is 2.66. The first-order valence-corrected chi connectivity index (χ1v) is 7.00. The molecule has 6 heteroatoms. The summed E-state index contributed by atoms with van der Waals surface area (Å²) in [6, 6.07) is 5.37. The molecule has 0 aliphatic carbocycles. The lowest BCUT2D eigenvalue weighted by molar-refractivity contribution is -0.125. The SMILES string of the molecule is CNC(=O)[C@@H]1CN(C(=O)c2cccc(C)n2)C[C@H]1COC. The molecular weight excluding hydrogens is 270 g/mol. The van der Waals surface area contributed by atoms with Crippen LogP contribution in [-0.2, 0) is 9.53 Å². The monoisotopic (exact) mass is 291 g/mol. The Morgan fingerprint density at radius 2 is 2.19 bits per heavy atom. The quantitative estimate of drug-likeness (QED) is 0.875. The molecule has 1 aromatic heterocycles. The molecule has 2 atom stereocenters. The first-order valence-electron chi connectivity index (χ1n) is 7.00. The fourth-order valence-electron chi connectivity index (χ4n) is 2.73. The number of rotatable bonds is 4. The number of ether oxygens (including phenoxy) is 1. The number of aryl methyl sites for hydroxylation is 1. The lowest BCUT2D eigenvalue weighted by atomic mass is 9.96. The molecule has 0 unspecified atom stereocenters. The van der Waals surface area contributed by atoms with Gasteiger partial charge in [0.2, 0.25) is 5.91 Å². The molecule has 1 aliphatic rings. The Balaban J connectivity index is 2.14. The van der Waals surface area contributed by atoms with E-state index in [9.17, 15) is 9.59 Å².